The summed E-state index contributed by atoms with van der Waals surface area (Å²) in [7, 11) is 4.22. The van der Waals surface area contributed by atoms with Crippen LogP contribution in [0.2, 0.25) is 0 Å². The number of carbonyl (C=O) groups is 2. The summed E-state index contributed by atoms with van der Waals surface area (Å²) in [5.74, 6) is 0.0767. The first-order chi connectivity index (χ1) is 13.5. The topological polar surface area (TPSA) is 65.9 Å². The van der Waals surface area contributed by atoms with E-state index in [0.29, 0.717) is 32.5 Å². The van der Waals surface area contributed by atoms with Crippen molar-refractivity contribution in [2.45, 2.75) is 18.9 Å². The van der Waals surface area contributed by atoms with E-state index in [1.54, 1.807) is 16.2 Å². The zero-order valence-corrected chi connectivity index (χ0v) is 17.3. The third kappa shape index (κ3) is 5.33. The van der Waals surface area contributed by atoms with Crippen LogP contribution in [0.5, 0.6) is 0 Å². The number of benzene rings is 1. The van der Waals surface area contributed by atoms with Crippen molar-refractivity contribution >= 4 is 29.0 Å². The molecular weight excluding hydrogens is 372 g/mol. The second kappa shape index (κ2) is 9.71. The average Bonchev–Trinajstić information content (AvgIpc) is 3.23. The predicted octanol–water partition coefficient (Wildman–Crippen LogP) is 1.99. The van der Waals surface area contributed by atoms with Gasteiger partial charge in [0, 0.05) is 24.7 Å². The monoisotopic (exact) mass is 401 g/mol. The highest BCUT2D eigenvalue weighted by Gasteiger charge is 2.28. The number of hydrogen-bond acceptors (Lipinski definition) is 3. The number of hydrogen-bond donors (Lipinski definition) is 3. The number of piperidine rings is 1. The van der Waals surface area contributed by atoms with E-state index in [1.807, 2.05) is 36.4 Å². The Morgan fingerprint density at radius 1 is 1.14 bits per heavy atom. The lowest BCUT2D eigenvalue weighted by Crippen LogP contribution is -3.06. The maximum atomic E-state index is 12.6. The number of carbonyl (C=O) groups excluding carboxylic acids is 2. The van der Waals surface area contributed by atoms with E-state index in [-0.39, 0.29) is 23.9 Å². The zero-order valence-electron chi connectivity index (χ0n) is 16.5. The highest BCUT2D eigenvalue weighted by Crippen LogP contribution is 2.20. The first-order valence-electron chi connectivity index (χ1n) is 9.76. The van der Waals surface area contributed by atoms with Gasteiger partial charge in [-0.05, 0) is 36.4 Å². The molecule has 1 aliphatic heterocycles. The minimum absolute atomic E-state index is 0.0260. The van der Waals surface area contributed by atoms with Crippen LogP contribution in [0, 0.1) is 5.92 Å². The van der Waals surface area contributed by atoms with Crippen LogP contribution in [-0.4, -0.2) is 50.6 Å². The summed E-state index contributed by atoms with van der Waals surface area (Å²) in [6.07, 6.45) is 1.40. The molecule has 2 aromatic rings. The lowest BCUT2D eigenvalue weighted by atomic mass is 9.96. The fourth-order valence-corrected chi connectivity index (χ4v) is 4.45. The number of likely N-dealkylation sites (N-methyl/N-ethyl adjacent to an activating group) is 1. The molecule has 2 heterocycles. The number of anilines is 1. The van der Waals surface area contributed by atoms with E-state index >= 15 is 0 Å². The summed E-state index contributed by atoms with van der Waals surface area (Å²) in [5.41, 5.74) is 0.790. The summed E-state index contributed by atoms with van der Waals surface area (Å²) in [5, 5.41) is 8.12. The minimum atomic E-state index is -0.0981. The van der Waals surface area contributed by atoms with E-state index in [9.17, 15) is 9.59 Å². The number of nitrogens with one attached hydrogen (secondary N) is 3. The number of thiophene rings is 1. The van der Waals surface area contributed by atoms with Crippen molar-refractivity contribution in [2.75, 3.05) is 39.0 Å². The molecule has 6 nitrogen and oxygen atoms in total. The molecule has 0 bridgehead atoms. The number of quaternary nitrogens is 1. The van der Waals surface area contributed by atoms with Crippen LogP contribution in [0.15, 0.2) is 47.8 Å². The minimum Gasteiger partial charge on any atom is -0.349 e. The molecular formula is C21H29N4O2S+. The molecule has 1 aromatic carbocycles. The van der Waals surface area contributed by atoms with Gasteiger partial charge in [0.1, 0.15) is 6.04 Å². The van der Waals surface area contributed by atoms with Crippen molar-refractivity contribution in [3.8, 4) is 0 Å². The van der Waals surface area contributed by atoms with Crippen molar-refractivity contribution in [1.29, 1.82) is 0 Å². The molecule has 0 saturated carbocycles. The van der Waals surface area contributed by atoms with E-state index in [4.69, 9.17) is 0 Å². The Labute approximate surface area is 170 Å². The SMILES string of the molecule is C[NH+](C)[C@@H](CNC(=O)C1CCN(C(=O)Nc2ccccc2)CC1)c1cccs1. The molecule has 1 aliphatic rings. The fourth-order valence-electron chi connectivity index (χ4n) is 3.49. The van der Waals surface area contributed by atoms with Gasteiger partial charge in [0.25, 0.3) is 0 Å². The summed E-state index contributed by atoms with van der Waals surface area (Å²) < 4.78 is 0. The number of nitrogens with zero attached hydrogens (tertiary/aromatic N) is 1. The molecule has 3 amide bonds. The molecule has 28 heavy (non-hydrogen) atoms. The molecule has 150 valence electrons. The Bertz CT molecular complexity index is 756. The van der Waals surface area contributed by atoms with Gasteiger partial charge in [-0.2, -0.15) is 0 Å². The molecule has 1 saturated heterocycles. The number of amides is 3. The molecule has 0 spiro atoms. The van der Waals surface area contributed by atoms with E-state index < -0.39 is 0 Å². The zero-order chi connectivity index (χ0) is 19.9. The Hall–Kier alpha value is -2.38. The van der Waals surface area contributed by atoms with Crippen molar-refractivity contribution in [3.63, 3.8) is 0 Å². The third-order valence-electron chi connectivity index (χ3n) is 5.24. The van der Waals surface area contributed by atoms with Crippen LogP contribution >= 0.6 is 11.3 Å². The maximum absolute atomic E-state index is 12.6. The van der Waals surface area contributed by atoms with Gasteiger partial charge in [-0.25, -0.2) is 4.79 Å². The Balaban J connectivity index is 1.45. The smallest absolute Gasteiger partial charge is 0.321 e. The Morgan fingerprint density at radius 3 is 2.46 bits per heavy atom. The van der Waals surface area contributed by atoms with E-state index in [0.717, 1.165) is 5.69 Å². The molecule has 1 fully saturated rings. The number of rotatable bonds is 6. The van der Waals surface area contributed by atoms with Crippen LogP contribution in [0.25, 0.3) is 0 Å². The Morgan fingerprint density at radius 2 is 1.86 bits per heavy atom. The molecule has 1 atom stereocenters. The van der Waals surface area contributed by atoms with Gasteiger partial charge in [-0.1, -0.05) is 24.3 Å². The summed E-state index contributed by atoms with van der Waals surface area (Å²) >= 11 is 1.73. The lowest BCUT2D eigenvalue weighted by Gasteiger charge is -2.31. The molecule has 7 heteroatoms. The maximum Gasteiger partial charge on any atom is 0.321 e. The van der Waals surface area contributed by atoms with Crippen molar-refractivity contribution in [3.05, 3.63) is 52.7 Å². The normalized spacial score (nSPS) is 16.0. The molecule has 0 unspecified atom stereocenters. The van der Waals surface area contributed by atoms with E-state index in [1.165, 1.54) is 9.78 Å². The average molecular weight is 402 g/mol. The van der Waals surface area contributed by atoms with E-state index in [2.05, 4.69) is 36.2 Å². The highest BCUT2D eigenvalue weighted by molar-refractivity contribution is 7.10. The van der Waals surface area contributed by atoms with Crippen LogP contribution in [0.1, 0.15) is 23.8 Å². The van der Waals surface area contributed by atoms with Crippen LogP contribution < -0.4 is 15.5 Å². The van der Waals surface area contributed by atoms with Gasteiger partial charge in [0.05, 0.1) is 25.5 Å². The summed E-state index contributed by atoms with van der Waals surface area (Å²) in [4.78, 5) is 29.4. The van der Waals surface area contributed by atoms with Crippen LogP contribution in [0.3, 0.4) is 0 Å². The Kier molecular flexibility index (Phi) is 7.06. The van der Waals surface area contributed by atoms with Crippen molar-refractivity contribution < 1.29 is 14.5 Å². The van der Waals surface area contributed by atoms with Gasteiger partial charge >= 0.3 is 6.03 Å². The molecule has 0 radical (unpaired) electrons. The third-order valence-corrected chi connectivity index (χ3v) is 6.23. The van der Waals surface area contributed by atoms with Gasteiger partial charge in [0.2, 0.25) is 5.91 Å². The quantitative estimate of drug-likeness (QED) is 0.693. The van der Waals surface area contributed by atoms with Crippen molar-refractivity contribution in [1.82, 2.24) is 10.2 Å². The fraction of sp³-hybridized carbons (Fsp3) is 0.429. The summed E-state index contributed by atoms with van der Waals surface area (Å²) in [6, 6.07) is 13.8. The van der Waals surface area contributed by atoms with Crippen LogP contribution in [0.4, 0.5) is 10.5 Å². The largest absolute Gasteiger partial charge is 0.349 e. The van der Waals surface area contributed by atoms with Crippen molar-refractivity contribution in [2.24, 2.45) is 5.92 Å². The molecule has 0 aliphatic carbocycles. The van der Waals surface area contributed by atoms with Gasteiger partial charge in [-0.3, -0.25) is 4.79 Å². The van der Waals surface area contributed by atoms with Gasteiger partial charge < -0.3 is 20.4 Å². The molecule has 1 aromatic heterocycles. The number of likely N-dealkylation sites (tertiary alicyclic amines) is 1. The lowest BCUT2D eigenvalue weighted by molar-refractivity contribution is -0.890. The predicted molar refractivity (Wildman–Crippen MR) is 113 cm³/mol. The molecule has 3 rings (SSSR count). The summed E-state index contributed by atoms with van der Waals surface area (Å²) in [6.45, 7) is 1.84. The second-order valence-electron chi connectivity index (χ2n) is 7.45. The standard InChI is InChI=1S/C21H28N4O2S/c1-24(2)18(19-9-6-14-28-19)15-22-20(26)16-10-12-25(13-11-16)21(27)23-17-7-4-3-5-8-17/h3-9,14,16,18H,10-13,15H2,1-2H3,(H,22,26)(H,23,27)/p+1/t18-/m0/s1. The second-order valence-corrected chi connectivity index (χ2v) is 8.43. The first-order valence-corrected chi connectivity index (χ1v) is 10.6. The van der Waals surface area contributed by atoms with Gasteiger partial charge in [-0.15, -0.1) is 11.3 Å². The molecule has 3 N–H and O–H groups in total. The first kappa shape index (κ1) is 20.4. The highest BCUT2D eigenvalue weighted by atomic mass is 32.1. The van der Waals surface area contributed by atoms with Gasteiger partial charge in [0.15, 0.2) is 0 Å². The van der Waals surface area contributed by atoms with Crippen LogP contribution in [-0.2, 0) is 4.79 Å². The number of urea groups is 1. The number of para-hydroxylation sites is 1.